The van der Waals surface area contributed by atoms with Gasteiger partial charge in [0.15, 0.2) is 0 Å². The third-order valence-electron chi connectivity index (χ3n) is 5.70. The van der Waals surface area contributed by atoms with Crippen molar-refractivity contribution in [1.82, 2.24) is 20.4 Å². The maximum absolute atomic E-state index is 15.8. The van der Waals surface area contributed by atoms with Crippen LogP contribution >= 0.6 is 0 Å². The molecule has 1 amide bonds. The highest BCUT2D eigenvalue weighted by Crippen LogP contribution is 2.32. The number of piperazine rings is 1. The highest BCUT2D eigenvalue weighted by molar-refractivity contribution is 5.98. The molecule has 1 aliphatic heterocycles. The van der Waals surface area contributed by atoms with Crippen molar-refractivity contribution in [3.05, 3.63) is 68.9 Å². The largest absolute Gasteiger partial charge is 0.496 e. The molecule has 2 N–H and O–H groups in total. The van der Waals surface area contributed by atoms with E-state index in [0.717, 1.165) is 5.56 Å². The Balaban J connectivity index is 1.83. The molecule has 162 valence electrons. The average Bonchev–Trinajstić information content (AvgIpc) is 2.81. The average molecular weight is 424 g/mol. The number of carbonyl (C=O) groups excluding carboxylic acids is 1. The highest BCUT2D eigenvalue weighted by Gasteiger charge is 2.29. The Kier molecular flexibility index (Phi) is 5.99. The fourth-order valence-electron chi connectivity index (χ4n) is 4.09. The highest BCUT2D eigenvalue weighted by atomic mass is 19.1. The minimum Gasteiger partial charge on any atom is -0.496 e. The Bertz CT molecular complexity index is 1190. The van der Waals surface area contributed by atoms with Crippen LogP contribution in [-0.2, 0) is 12.8 Å². The van der Waals surface area contributed by atoms with Gasteiger partial charge in [0.2, 0.25) is 0 Å². The number of halogens is 1. The number of benzene rings is 2. The molecule has 1 fully saturated rings. The summed E-state index contributed by atoms with van der Waals surface area (Å²) in [5.74, 6) is -0.687. The second-order valence-electron chi connectivity index (χ2n) is 7.53. The Hall–Kier alpha value is -3.26. The number of hydrogen-bond donors (Lipinski definition) is 2. The quantitative estimate of drug-likeness (QED) is 0.656. The molecule has 0 aliphatic carbocycles. The number of aromatic amines is 1. The molecule has 1 saturated heterocycles. The second-order valence-corrected chi connectivity index (χ2v) is 7.53. The molecule has 0 unspecified atom stereocenters. The van der Waals surface area contributed by atoms with Crippen LogP contribution in [-0.4, -0.2) is 54.3 Å². The summed E-state index contributed by atoms with van der Waals surface area (Å²) in [6.45, 7) is 4.30. The van der Waals surface area contributed by atoms with Gasteiger partial charge in [-0.1, -0.05) is 25.1 Å². The third-order valence-corrected chi connectivity index (χ3v) is 5.70. The number of hydrogen-bond acceptors (Lipinski definition) is 5. The van der Waals surface area contributed by atoms with Crippen molar-refractivity contribution in [3.63, 3.8) is 0 Å². The molecule has 0 bridgehead atoms. The fourth-order valence-corrected chi connectivity index (χ4v) is 4.09. The molecule has 1 aromatic heterocycles. The third kappa shape index (κ3) is 3.90. The molecule has 7 nitrogen and oxygen atoms in total. The van der Waals surface area contributed by atoms with Gasteiger partial charge in [-0.05, 0) is 29.7 Å². The number of rotatable bonds is 5. The summed E-state index contributed by atoms with van der Waals surface area (Å²) in [6, 6.07) is 8.82. The molecular weight excluding hydrogens is 399 g/mol. The van der Waals surface area contributed by atoms with E-state index in [1.54, 1.807) is 29.2 Å². The predicted octanol–water partition coefficient (Wildman–Crippen LogP) is 2.27. The molecule has 0 saturated carbocycles. The van der Waals surface area contributed by atoms with Gasteiger partial charge in [-0.25, -0.2) is 9.49 Å². The minimum absolute atomic E-state index is 0.0347. The lowest BCUT2D eigenvalue weighted by Crippen LogP contribution is -2.46. The molecule has 0 radical (unpaired) electrons. The summed E-state index contributed by atoms with van der Waals surface area (Å²) in [4.78, 5) is 27.0. The van der Waals surface area contributed by atoms with Gasteiger partial charge < -0.3 is 15.0 Å². The number of aromatic nitrogens is 2. The van der Waals surface area contributed by atoms with Crippen molar-refractivity contribution in [3.8, 4) is 5.75 Å². The lowest BCUT2D eigenvalue weighted by molar-refractivity contribution is 0.0727. The number of amides is 1. The van der Waals surface area contributed by atoms with E-state index in [9.17, 15) is 9.59 Å². The molecule has 2 aromatic carbocycles. The molecule has 0 atom stereocenters. The maximum atomic E-state index is 15.8. The normalized spacial score (nSPS) is 14.1. The van der Waals surface area contributed by atoms with Crippen LogP contribution in [0.25, 0.3) is 10.8 Å². The lowest BCUT2D eigenvalue weighted by Gasteiger charge is -2.29. The zero-order valence-electron chi connectivity index (χ0n) is 17.6. The van der Waals surface area contributed by atoms with Crippen LogP contribution in [0.15, 0.2) is 35.1 Å². The second kappa shape index (κ2) is 8.85. The van der Waals surface area contributed by atoms with Crippen molar-refractivity contribution >= 4 is 16.7 Å². The molecule has 4 rings (SSSR count). The Morgan fingerprint density at radius 3 is 2.58 bits per heavy atom. The van der Waals surface area contributed by atoms with E-state index in [4.69, 9.17) is 4.74 Å². The first-order valence-electron chi connectivity index (χ1n) is 10.4. The van der Waals surface area contributed by atoms with Crippen LogP contribution in [0.3, 0.4) is 0 Å². The molecule has 3 aromatic rings. The van der Waals surface area contributed by atoms with Crippen molar-refractivity contribution in [1.29, 1.82) is 0 Å². The molecular formula is C23H25FN4O3. The number of nitrogens with one attached hydrogen (secondary N) is 2. The smallest absolute Gasteiger partial charge is 0.272 e. The number of nitrogens with zero attached hydrogens (tertiary/aromatic N) is 2. The lowest BCUT2D eigenvalue weighted by atomic mass is 9.96. The Morgan fingerprint density at radius 2 is 1.90 bits per heavy atom. The van der Waals surface area contributed by atoms with Gasteiger partial charge in [-0.3, -0.25) is 9.59 Å². The number of ether oxygens (including phenoxy) is 1. The van der Waals surface area contributed by atoms with Gasteiger partial charge in [0, 0.05) is 38.0 Å². The number of aryl methyl sites for hydroxylation is 1. The molecule has 1 aliphatic rings. The van der Waals surface area contributed by atoms with E-state index in [2.05, 4.69) is 15.5 Å². The van der Waals surface area contributed by atoms with Gasteiger partial charge in [-0.15, -0.1) is 0 Å². The zero-order valence-corrected chi connectivity index (χ0v) is 17.6. The van der Waals surface area contributed by atoms with Gasteiger partial charge >= 0.3 is 0 Å². The first kappa shape index (κ1) is 21.0. The van der Waals surface area contributed by atoms with E-state index < -0.39 is 5.82 Å². The minimum atomic E-state index is -0.602. The summed E-state index contributed by atoms with van der Waals surface area (Å²) in [7, 11) is 1.46. The van der Waals surface area contributed by atoms with Gasteiger partial charge in [-0.2, -0.15) is 5.10 Å². The molecule has 2 heterocycles. The summed E-state index contributed by atoms with van der Waals surface area (Å²) in [5.41, 5.74) is 1.32. The molecule has 8 heteroatoms. The summed E-state index contributed by atoms with van der Waals surface area (Å²) in [6.07, 6.45) is 0.722. The summed E-state index contributed by atoms with van der Waals surface area (Å²) < 4.78 is 21.2. The van der Waals surface area contributed by atoms with E-state index >= 15 is 4.39 Å². The monoisotopic (exact) mass is 424 g/mol. The Labute approximate surface area is 179 Å². The van der Waals surface area contributed by atoms with Gasteiger partial charge in [0.05, 0.1) is 18.2 Å². The van der Waals surface area contributed by atoms with Crippen LogP contribution in [0.4, 0.5) is 4.39 Å². The SMILES string of the molecule is CCc1cc(Cc2n[nH]c(=O)c3ccccc23)c(F)c(C(=O)N2CCNCC2)c1OC. The van der Waals surface area contributed by atoms with Crippen LogP contribution in [0.5, 0.6) is 5.75 Å². The summed E-state index contributed by atoms with van der Waals surface area (Å²) in [5, 5.41) is 11.0. The van der Waals surface area contributed by atoms with Crippen LogP contribution in [0, 0.1) is 5.82 Å². The van der Waals surface area contributed by atoms with Crippen LogP contribution in [0.1, 0.15) is 34.1 Å². The zero-order chi connectivity index (χ0) is 22.0. The molecule has 31 heavy (non-hydrogen) atoms. The van der Waals surface area contributed by atoms with Gasteiger partial charge in [0.1, 0.15) is 17.1 Å². The van der Waals surface area contributed by atoms with E-state index in [0.29, 0.717) is 54.6 Å². The van der Waals surface area contributed by atoms with Crippen molar-refractivity contribution in [2.45, 2.75) is 19.8 Å². The van der Waals surface area contributed by atoms with Crippen molar-refractivity contribution in [2.75, 3.05) is 33.3 Å². The van der Waals surface area contributed by atoms with E-state index in [1.165, 1.54) is 7.11 Å². The number of H-pyrrole nitrogens is 1. The number of methoxy groups -OCH3 is 1. The van der Waals surface area contributed by atoms with Crippen LogP contribution < -0.4 is 15.6 Å². The van der Waals surface area contributed by atoms with Crippen molar-refractivity contribution < 1.29 is 13.9 Å². The fraction of sp³-hybridized carbons (Fsp3) is 0.348. The van der Waals surface area contributed by atoms with Gasteiger partial charge in [0.25, 0.3) is 11.5 Å². The molecule has 0 spiro atoms. The predicted molar refractivity (Wildman–Crippen MR) is 116 cm³/mol. The maximum Gasteiger partial charge on any atom is 0.272 e. The summed E-state index contributed by atoms with van der Waals surface area (Å²) >= 11 is 0. The number of fused-ring (bicyclic) bond motifs is 1. The first-order chi connectivity index (χ1) is 15.0. The topological polar surface area (TPSA) is 87.3 Å². The van der Waals surface area contributed by atoms with E-state index in [1.807, 2.05) is 13.0 Å². The van der Waals surface area contributed by atoms with Crippen LogP contribution in [0.2, 0.25) is 0 Å². The first-order valence-corrected chi connectivity index (χ1v) is 10.4. The van der Waals surface area contributed by atoms with E-state index in [-0.39, 0.29) is 29.2 Å². The number of carbonyl (C=O) groups is 1. The Morgan fingerprint density at radius 1 is 1.19 bits per heavy atom. The van der Waals surface area contributed by atoms with Crippen molar-refractivity contribution in [2.24, 2.45) is 0 Å². The standard InChI is InChI=1S/C23H25FN4O3/c1-3-14-12-15(13-18-16-6-4-5-7-17(16)22(29)27-26-18)20(24)19(21(14)31-2)23(30)28-10-8-25-9-11-28/h4-7,12,25H,3,8-11,13H2,1-2H3,(H,27,29).